The Hall–Kier alpha value is -1.63. The van der Waals surface area contributed by atoms with Crippen LogP contribution in [0.1, 0.15) is 23.1 Å². The maximum absolute atomic E-state index is 11.6. The summed E-state index contributed by atoms with van der Waals surface area (Å²) in [5, 5.41) is 0. The molecule has 1 aromatic carbocycles. The third-order valence-electron chi connectivity index (χ3n) is 2.92. The molecule has 0 spiro atoms. The van der Waals surface area contributed by atoms with E-state index in [1.165, 1.54) is 6.26 Å². The fourth-order valence-electron chi connectivity index (χ4n) is 1.88. The van der Waals surface area contributed by atoms with Crippen LogP contribution in [-0.4, -0.2) is 21.8 Å². The minimum absolute atomic E-state index is 0.245. The Morgan fingerprint density at radius 1 is 1.30 bits per heavy atom. The zero-order chi connectivity index (χ0) is 14.8. The molecule has 6 heteroatoms. The Kier molecular flexibility index (Phi) is 4.27. The molecule has 5 nitrogen and oxygen atoms in total. The van der Waals surface area contributed by atoms with Gasteiger partial charge in [0.15, 0.2) is 9.84 Å². The van der Waals surface area contributed by atoms with Crippen LogP contribution in [0.25, 0.3) is 0 Å². The van der Waals surface area contributed by atoms with Crippen LogP contribution in [0.3, 0.4) is 0 Å². The van der Waals surface area contributed by atoms with Gasteiger partial charge >= 0.3 is 0 Å². The minimum Gasteiger partial charge on any atom is -0.462 e. The summed E-state index contributed by atoms with van der Waals surface area (Å²) in [4.78, 5) is 0.245. The SMILES string of the molecule is COCc1ccc(C(N)c2cccc(S(C)(=O)=O)c2)o1. The average Bonchev–Trinajstić information content (AvgIpc) is 2.86. The van der Waals surface area contributed by atoms with E-state index in [2.05, 4.69) is 0 Å². The van der Waals surface area contributed by atoms with Crippen LogP contribution >= 0.6 is 0 Å². The number of nitrogens with two attached hydrogens (primary N) is 1. The number of sulfone groups is 1. The number of methoxy groups -OCH3 is 1. The molecule has 0 saturated carbocycles. The third-order valence-corrected chi connectivity index (χ3v) is 4.03. The summed E-state index contributed by atoms with van der Waals surface area (Å²) in [6.45, 7) is 0.371. The summed E-state index contributed by atoms with van der Waals surface area (Å²) in [6, 6.07) is 9.61. The van der Waals surface area contributed by atoms with Gasteiger partial charge in [0.2, 0.25) is 0 Å². The summed E-state index contributed by atoms with van der Waals surface area (Å²) in [5.74, 6) is 1.25. The molecule has 0 aliphatic rings. The van der Waals surface area contributed by atoms with Gasteiger partial charge < -0.3 is 14.9 Å². The van der Waals surface area contributed by atoms with E-state index in [0.717, 1.165) is 0 Å². The maximum atomic E-state index is 11.6. The number of benzene rings is 1. The molecule has 1 atom stereocenters. The van der Waals surface area contributed by atoms with Gasteiger partial charge in [-0.3, -0.25) is 0 Å². The van der Waals surface area contributed by atoms with Crippen molar-refractivity contribution in [2.45, 2.75) is 17.5 Å². The van der Waals surface area contributed by atoms with Crippen molar-refractivity contribution in [3.8, 4) is 0 Å². The van der Waals surface area contributed by atoms with E-state index in [9.17, 15) is 8.42 Å². The summed E-state index contributed by atoms with van der Waals surface area (Å²) < 4.78 is 33.6. The van der Waals surface area contributed by atoms with Gasteiger partial charge in [0, 0.05) is 13.4 Å². The molecule has 108 valence electrons. The monoisotopic (exact) mass is 295 g/mol. The molecule has 0 fully saturated rings. The quantitative estimate of drug-likeness (QED) is 0.910. The van der Waals surface area contributed by atoms with Crippen molar-refractivity contribution in [1.29, 1.82) is 0 Å². The Morgan fingerprint density at radius 3 is 2.70 bits per heavy atom. The van der Waals surface area contributed by atoms with Gasteiger partial charge in [-0.25, -0.2) is 8.42 Å². The van der Waals surface area contributed by atoms with Gasteiger partial charge in [-0.1, -0.05) is 12.1 Å². The highest BCUT2D eigenvalue weighted by Gasteiger charge is 2.16. The van der Waals surface area contributed by atoms with Crippen LogP contribution in [0.2, 0.25) is 0 Å². The van der Waals surface area contributed by atoms with Gasteiger partial charge in [-0.15, -0.1) is 0 Å². The lowest BCUT2D eigenvalue weighted by molar-refractivity contribution is 0.162. The molecule has 20 heavy (non-hydrogen) atoms. The molecular formula is C14H17NO4S. The first-order chi connectivity index (χ1) is 9.41. The highest BCUT2D eigenvalue weighted by molar-refractivity contribution is 7.90. The molecule has 1 unspecified atom stereocenters. The highest BCUT2D eigenvalue weighted by atomic mass is 32.2. The maximum Gasteiger partial charge on any atom is 0.175 e. The highest BCUT2D eigenvalue weighted by Crippen LogP contribution is 2.24. The minimum atomic E-state index is -3.25. The van der Waals surface area contributed by atoms with Crippen LogP contribution in [0.4, 0.5) is 0 Å². The number of rotatable bonds is 5. The van der Waals surface area contributed by atoms with Crippen LogP contribution in [0.5, 0.6) is 0 Å². The first-order valence-electron chi connectivity index (χ1n) is 6.05. The van der Waals surface area contributed by atoms with Crippen LogP contribution < -0.4 is 5.73 Å². The lowest BCUT2D eigenvalue weighted by atomic mass is 10.1. The van der Waals surface area contributed by atoms with E-state index in [-0.39, 0.29) is 4.90 Å². The molecule has 0 saturated heterocycles. The van der Waals surface area contributed by atoms with Crippen molar-refractivity contribution in [1.82, 2.24) is 0 Å². The second kappa shape index (κ2) is 5.78. The Bertz CT molecular complexity index is 691. The molecule has 2 aromatic rings. The predicted molar refractivity (Wildman–Crippen MR) is 75.0 cm³/mol. The topological polar surface area (TPSA) is 82.5 Å². The van der Waals surface area contributed by atoms with Gasteiger partial charge in [0.05, 0.1) is 10.9 Å². The van der Waals surface area contributed by atoms with Crippen molar-refractivity contribution in [2.75, 3.05) is 13.4 Å². The smallest absolute Gasteiger partial charge is 0.175 e. The predicted octanol–water partition coefficient (Wildman–Crippen LogP) is 1.88. The largest absolute Gasteiger partial charge is 0.462 e. The van der Waals surface area contributed by atoms with Crippen molar-refractivity contribution in [3.63, 3.8) is 0 Å². The normalized spacial score (nSPS) is 13.3. The van der Waals surface area contributed by atoms with Gasteiger partial charge in [-0.05, 0) is 29.8 Å². The second-order valence-corrected chi connectivity index (χ2v) is 6.58. The molecule has 0 aliphatic carbocycles. The van der Waals surface area contributed by atoms with Gasteiger partial charge in [0.1, 0.15) is 18.1 Å². The Morgan fingerprint density at radius 2 is 2.05 bits per heavy atom. The van der Waals surface area contributed by atoms with E-state index in [0.29, 0.717) is 23.7 Å². The van der Waals surface area contributed by atoms with Crippen LogP contribution in [-0.2, 0) is 21.2 Å². The van der Waals surface area contributed by atoms with Crippen molar-refractivity contribution < 1.29 is 17.6 Å². The number of hydrogen-bond acceptors (Lipinski definition) is 5. The molecule has 1 heterocycles. The van der Waals surface area contributed by atoms with Crippen molar-refractivity contribution in [3.05, 3.63) is 53.5 Å². The molecule has 1 aromatic heterocycles. The van der Waals surface area contributed by atoms with Gasteiger partial charge in [0.25, 0.3) is 0 Å². The van der Waals surface area contributed by atoms with E-state index < -0.39 is 15.9 Å². The summed E-state index contributed by atoms with van der Waals surface area (Å²) in [5.41, 5.74) is 6.79. The van der Waals surface area contributed by atoms with Crippen LogP contribution in [0.15, 0.2) is 45.7 Å². The van der Waals surface area contributed by atoms with Crippen LogP contribution in [0, 0.1) is 0 Å². The van der Waals surface area contributed by atoms with E-state index >= 15 is 0 Å². The number of ether oxygens (including phenoxy) is 1. The van der Waals surface area contributed by atoms with E-state index in [1.54, 1.807) is 43.5 Å². The van der Waals surface area contributed by atoms with Crippen molar-refractivity contribution in [2.24, 2.45) is 5.73 Å². The zero-order valence-electron chi connectivity index (χ0n) is 11.4. The molecule has 0 aliphatic heterocycles. The summed E-state index contributed by atoms with van der Waals surface area (Å²) >= 11 is 0. The average molecular weight is 295 g/mol. The second-order valence-electron chi connectivity index (χ2n) is 4.56. The number of hydrogen-bond donors (Lipinski definition) is 1. The fourth-order valence-corrected chi connectivity index (χ4v) is 2.56. The summed E-state index contributed by atoms with van der Waals surface area (Å²) in [6.07, 6.45) is 1.17. The Labute approximate surface area is 118 Å². The lowest BCUT2D eigenvalue weighted by Crippen LogP contribution is -2.11. The lowest BCUT2D eigenvalue weighted by Gasteiger charge is -2.10. The van der Waals surface area contributed by atoms with Gasteiger partial charge in [-0.2, -0.15) is 0 Å². The molecule has 0 bridgehead atoms. The fraction of sp³-hybridized carbons (Fsp3) is 0.286. The standard InChI is InChI=1S/C14H17NO4S/c1-18-9-11-6-7-13(19-11)14(15)10-4-3-5-12(8-10)20(2,16)17/h3-8,14H,9,15H2,1-2H3. The molecular weight excluding hydrogens is 278 g/mol. The first kappa shape index (κ1) is 14.8. The molecule has 2 N–H and O–H groups in total. The summed E-state index contributed by atoms with van der Waals surface area (Å²) in [7, 11) is -1.67. The van der Waals surface area contributed by atoms with E-state index in [1.807, 2.05) is 0 Å². The van der Waals surface area contributed by atoms with Crippen molar-refractivity contribution >= 4 is 9.84 Å². The molecule has 0 amide bonds. The zero-order valence-corrected chi connectivity index (χ0v) is 12.2. The Balaban J connectivity index is 2.30. The first-order valence-corrected chi connectivity index (χ1v) is 7.94. The third kappa shape index (κ3) is 3.27. The number of furan rings is 1. The molecule has 0 radical (unpaired) electrons. The molecule has 2 rings (SSSR count). The van der Waals surface area contributed by atoms with E-state index in [4.69, 9.17) is 14.9 Å².